The molecule has 3 rings (SSSR count). The van der Waals surface area contributed by atoms with Crippen LogP contribution < -0.4 is 9.64 Å². The summed E-state index contributed by atoms with van der Waals surface area (Å²) in [5.41, 5.74) is 2.05. The highest BCUT2D eigenvalue weighted by atomic mass is 79.9. The lowest BCUT2D eigenvalue weighted by Crippen LogP contribution is -2.34. The normalized spacial score (nSPS) is 15.7. The molecule has 5 heteroatoms. The van der Waals surface area contributed by atoms with Crippen LogP contribution in [0.5, 0.6) is 5.75 Å². The Kier molecular flexibility index (Phi) is 5.09. The molecule has 0 N–H and O–H groups in total. The van der Waals surface area contributed by atoms with Crippen LogP contribution in [0.15, 0.2) is 53.0 Å². The van der Waals surface area contributed by atoms with Gasteiger partial charge >= 0.3 is 6.03 Å². The van der Waals surface area contributed by atoms with Gasteiger partial charge in [0.2, 0.25) is 0 Å². The van der Waals surface area contributed by atoms with Crippen LogP contribution >= 0.6 is 15.9 Å². The molecule has 1 atom stereocenters. The molecule has 0 bridgehead atoms. The molecule has 1 heterocycles. The fourth-order valence-electron chi connectivity index (χ4n) is 3.21. The molecule has 2 aromatic rings. The van der Waals surface area contributed by atoms with E-state index in [-0.39, 0.29) is 12.1 Å². The first-order valence-corrected chi connectivity index (χ1v) is 8.91. The molecule has 1 aliphatic rings. The van der Waals surface area contributed by atoms with Crippen molar-refractivity contribution >= 4 is 27.6 Å². The van der Waals surface area contributed by atoms with Crippen molar-refractivity contribution in [3.63, 3.8) is 0 Å². The number of ether oxygens (including phenoxy) is 1. The number of urea groups is 1. The fourth-order valence-corrected chi connectivity index (χ4v) is 3.62. The topological polar surface area (TPSA) is 32.8 Å². The number of carbonyl (C=O) groups is 1. The number of anilines is 1. The summed E-state index contributed by atoms with van der Waals surface area (Å²) in [6.45, 7) is 3.54. The highest BCUT2D eigenvalue weighted by Crippen LogP contribution is 2.34. The Hall–Kier alpha value is -2.01. The van der Waals surface area contributed by atoms with Gasteiger partial charge in [0.1, 0.15) is 5.75 Å². The van der Waals surface area contributed by atoms with E-state index < -0.39 is 0 Å². The van der Waals surface area contributed by atoms with Gasteiger partial charge < -0.3 is 9.64 Å². The third-order valence-corrected chi connectivity index (χ3v) is 5.09. The summed E-state index contributed by atoms with van der Waals surface area (Å²) >= 11 is 3.45. The maximum absolute atomic E-state index is 13.0. The van der Waals surface area contributed by atoms with Crippen molar-refractivity contribution in [3.8, 4) is 5.75 Å². The van der Waals surface area contributed by atoms with Crippen molar-refractivity contribution < 1.29 is 9.53 Å². The van der Waals surface area contributed by atoms with E-state index in [1.807, 2.05) is 46.2 Å². The first-order valence-electron chi connectivity index (χ1n) is 8.12. The van der Waals surface area contributed by atoms with E-state index in [1.54, 1.807) is 7.11 Å². The van der Waals surface area contributed by atoms with Crippen LogP contribution in [0.1, 0.15) is 24.9 Å². The highest BCUT2D eigenvalue weighted by Gasteiger charge is 2.34. The predicted molar refractivity (Wildman–Crippen MR) is 99.6 cm³/mol. The Balaban J connectivity index is 1.84. The maximum atomic E-state index is 13.0. The summed E-state index contributed by atoms with van der Waals surface area (Å²) in [6.07, 6.45) is 0.896. The number of benzene rings is 2. The second-order valence-electron chi connectivity index (χ2n) is 5.78. The number of hydrogen-bond donors (Lipinski definition) is 0. The lowest BCUT2D eigenvalue weighted by atomic mass is 10.0. The molecular formula is C19H21BrN2O2. The molecule has 0 radical (unpaired) electrons. The third kappa shape index (κ3) is 3.13. The van der Waals surface area contributed by atoms with Crippen LogP contribution in [0.3, 0.4) is 0 Å². The van der Waals surface area contributed by atoms with Gasteiger partial charge in [-0.15, -0.1) is 0 Å². The van der Waals surface area contributed by atoms with Crippen molar-refractivity contribution in [2.45, 2.75) is 19.4 Å². The zero-order chi connectivity index (χ0) is 17.1. The van der Waals surface area contributed by atoms with Crippen molar-refractivity contribution in [2.75, 3.05) is 25.1 Å². The van der Waals surface area contributed by atoms with Crippen molar-refractivity contribution in [1.29, 1.82) is 0 Å². The van der Waals surface area contributed by atoms with Crippen LogP contribution in [-0.4, -0.2) is 31.1 Å². The third-order valence-electron chi connectivity index (χ3n) is 4.43. The average Bonchev–Trinajstić information content (AvgIpc) is 2.99. The standard InChI is InChI=1S/C19H21BrN2O2/c1-3-17(14-7-5-4-6-8-14)22-12-11-21(19(22)23)15-9-10-16(20)18(13-15)24-2/h4-10,13,17H,3,11-12H2,1-2H3/t17-/m0/s1. The van der Waals surface area contributed by atoms with Crippen LogP contribution in [0.4, 0.5) is 10.5 Å². The van der Waals surface area contributed by atoms with Gasteiger partial charge in [-0.1, -0.05) is 37.3 Å². The first kappa shape index (κ1) is 16.8. The smallest absolute Gasteiger partial charge is 0.325 e. The number of nitrogens with zero attached hydrogens (tertiary/aromatic N) is 2. The molecular weight excluding hydrogens is 368 g/mol. The summed E-state index contributed by atoms with van der Waals surface area (Å²) in [4.78, 5) is 16.7. The van der Waals surface area contributed by atoms with Gasteiger partial charge in [0.05, 0.1) is 17.6 Å². The molecule has 1 aliphatic heterocycles. The Morgan fingerprint density at radius 2 is 1.92 bits per heavy atom. The van der Waals surface area contributed by atoms with Crippen LogP contribution in [0, 0.1) is 0 Å². The summed E-state index contributed by atoms with van der Waals surface area (Å²) < 4.78 is 6.23. The van der Waals surface area contributed by atoms with E-state index in [0.29, 0.717) is 6.54 Å². The van der Waals surface area contributed by atoms with E-state index in [9.17, 15) is 4.79 Å². The van der Waals surface area contributed by atoms with Gasteiger partial charge in [0, 0.05) is 24.8 Å². The van der Waals surface area contributed by atoms with Crippen molar-refractivity contribution in [2.24, 2.45) is 0 Å². The van der Waals surface area contributed by atoms with Gasteiger partial charge in [-0.25, -0.2) is 4.79 Å². The average molecular weight is 389 g/mol. The van der Waals surface area contributed by atoms with Gasteiger partial charge in [0.15, 0.2) is 0 Å². The molecule has 0 unspecified atom stereocenters. The van der Waals surface area contributed by atoms with Crippen LogP contribution in [0.2, 0.25) is 0 Å². The van der Waals surface area contributed by atoms with Gasteiger partial charge in [0.25, 0.3) is 0 Å². The zero-order valence-electron chi connectivity index (χ0n) is 13.9. The van der Waals surface area contributed by atoms with Gasteiger partial charge in [-0.2, -0.15) is 0 Å². The summed E-state index contributed by atoms with van der Waals surface area (Å²) in [5.74, 6) is 0.730. The van der Waals surface area contributed by atoms with E-state index in [0.717, 1.165) is 28.9 Å². The number of hydrogen-bond acceptors (Lipinski definition) is 2. The Morgan fingerprint density at radius 3 is 2.58 bits per heavy atom. The molecule has 126 valence electrons. The van der Waals surface area contributed by atoms with Gasteiger partial charge in [-0.3, -0.25) is 4.90 Å². The van der Waals surface area contributed by atoms with Crippen molar-refractivity contribution in [3.05, 3.63) is 58.6 Å². The highest BCUT2D eigenvalue weighted by molar-refractivity contribution is 9.10. The minimum Gasteiger partial charge on any atom is -0.495 e. The molecule has 24 heavy (non-hydrogen) atoms. The summed E-state index contributed by atoms with van der Waals surface area (Å²) in [6, 6.07) is 16.1. The van der Waals surface area contributed by atoms with Crippen molar-refractivity contribution in [1.82, 2.24) is 4.90 Å². The molecule has 2 amide bonds. The molecule has 2 aromatic carbocycles. The summed E-state index contributed by atoms with van der Waals surface area (Å²) in [5, 5.41) is 0. The number of halogens is 1. The minimum absolute atomic E-state index is 0.0510. The molecule has 0 aromatic heterocycles. The SMILES string of the molecule is CC[C@@H](c1ccccc1)N1CCN(c2ccc(Br)c(OC)c2)C1=O. The zero-order valence-corrected chi connectivity index (χ0v) is 15.5. The number of carbonyl (C=O) groups excluding carboxylic acids is 1. The van der Waals surface area contributed by atoms with E-state index in [4.69, 9.17) is 4.74 Å². The molecule has 1 saturated heterocycles. The van der Waals surface area contributed by atoms with E-state index in [2.05, 4.69) is 35.0 Å². The Morgan fingerprint density at radius 1 is 1.17 bits per heavy atom. The monoisotopic (exact) mass is 388 g/mol. The molecule has 4 nitrogen and oxygen atoms in total. The second kappa shape index (κ2) is 7.26. The van der Waals surface area contributed by atoms with Crippen LogP contribution in [0.25, 0.3) is 0 Å². The largest absolute Gasteiger partial charge is 0.495 e. The number of rotatable bonds is 5. The molecule has 1 fully saturated rings. The molecule has 0 saturated carbocycles. The summed E-state index contributed by atoms with van der Waals surface area (Å²) in [7, 11) is 1.63. The Bertz CT molecular complexity index is 721. The predicted octanol–water partition coefficient (Wildman–Crippen LogP) is 4.85. The number of amides is 2. The minimum atomic E-state index is 0.0510. The van der Waals surface area contributed by atoms with Gasteiger partial charge in [-0.05, 0) is 40.0 Å². The molecule has 0 spiro atoms. The van der Waals surface area contributed by atoms with Crippen LogP contribution in [-0.2, 0) is 0 Å². The fraction of sp³-hybridized carbons (Fsp3) is 0.316. The lowest BCUT2D eigenvalue weighted by Gasteiger charge is -2.27. The second-order valence-corrected chi connectivity index (χ2v) is 6.64. The van der Waals surface area contributed by atoms with E-state index >= 15 is 0 Å². The number of methoxy groups -OCH3 is 1. The molecule has 0 aliphatic carbocycles. The Labute approximate surface area is 151 Å². The maximum Gasteiger partial charge on any atom is 0.325 e. The first-order chi connectivity index (χ1) is 11.7. The quantitative estimate of drug-likeness (QED) is 0.732. The lowest BCUT2D eigenvalue weighted by molar-refractivity contribution is 0.199. The van der Waals surface area contributed by atoms with E-state index in [1.165, 1.54) is 5.56 Å².